The van der Waals surface area contributed by atoms with E-state index in [2.05, 4.69) is 5.32 Å². The molecule has 0 aliphatic heterocycles. The number of hydrogen-bond acceptors (Lipinski definition) is 3. The predicted molar refractivity (Wildman–Crippen MR) is 108 cm³/mol. The maximum absolute atomic E-state index is 12.7. The van der Waals surface area contributed by atoms with Gasteiger partial charge in [-0.2, -0.15) is 0 Å². The number of carbonyl (C=O) groups excluding carboxylic acids is 1. The van der Waals surface area contributed by atoms with Crippen LogP contribution in [0, 0.1) is 0 Å². The lowest BCUT2D eigenvalue weighted by Crippen LogP contribution is -2.46. The summed E-state index contributed by atoms with van der Waals surface area (Å²) in [5, 5.41) is 3.79. The van der Waals surface area contributed by atoms with Crippen LogP contribution in [-0.2, 0) is 14.8 Å². The second-order valence-corrected chi connectivity index (χ2v) is 8.69. The van der Waals surface area contributed by atoms with E-state index in [1.54, 1.807) is 43.3 Å². The van der Waals surface area contributed by atoms with Crippen LogP contribution < -0.4 is 9.62 Å². The van der Waals surface area contributed by atoms with Crippen LogP contribution >= 0.6 is 34.8 Å². The highest BCUT2D eigenvalue weighted by atomic mass is 35.5. The number of rotatable bonds is 6. The first-order chi connectivity index (χ1) is 12.1. The van der Waals surface area contributed by atoms with Crippen molar-refractivity contribution in [2.75, 3.05) is 15.9 Å². The van der Waals surface area contributed by atoms with Gasteiger partial charge in [-0.05, 0) is 48.9 Å². The van der Waals surface area contributed by atoms with Crippen LogP contribution in [0.25, 0.3) is 0 Å². The number of nitrogens with one attached hydrogen (secondary N) is 1. The Bertz CT molecular complexity index is 902. The zero-order valence-electron chi connectivity index (χ0n) is 14.0. The highest BCUT2D eigenvalue weighted by Gasteiger charge is 2.31. The number of amides is 1. The Balaban J connectivity index is 2.36. The van der Waals surface area contributed by atoms with E-state index in [-0.39, 0.29) is 11.4 Å². The van der Waals surface area contributed by atoms with Gasteiger partial charge in [-0.25, -0.2) is 8.42 Å². The Morgan fingerprint density at radius 1 is 1.08 bits per heavy atom. The fraction of sp³-hybridized carbons (Fsp3) is 0.235. The summed E-state index contributed by atoms with van der Waals surface area (Å²) in [5.41, 5.74) is 0.778. The molecule has 9 heteroatoms. The van der Waals surface area contributed by atoms with E-state index in [0.717, 1.165) is 10.6 Å². The maximum Gasteiger partial charge on any atom is 0.248 e. The van der Waals surface area contributed by atoms with Crippen LogP contribution in [0.2, 0.25) is 15.1 Å². The monoisotopic (exact) mass is 434 g/mol. The minimum absolute atomic E-state index is 0.267. The van der Waals surface area contributed by atoms with Gasteiger partial charge in [-0.1, -0.05) is 41.7 Å². The Labute approximate surface area is 167 Å². The lowest BCUT2D eigenvalue weighted by atomic mass is 10.2. The normalized spacial score (nSPS) is 12.5. The van der Waals surface area contributed by atoms with Crippen molar-refractivity contribution in [3.05, 3.63) is 57.5 Å². The summed E-state index contributed by atoms with van der Waals surface area (Å²) in [5.74, 6) is -0.480. The average Bonchev–Trinajstić information content (AvgIpc) is 2.56. The van der Waals surface area contributed by atoms with Gasteiger partial charge in [0.05, 0.1) is 22.0 Å². The minimum atomic E-state index is -3.71. The molecule has 0 unspecified atom stereocenters. The fourth-order valence-electron chi connectivity index (χ4n) is 2.45. The summed E-state index contributed by atoms with van der Waals surface area (Å²) in [6, 6.07) is 9.94. The number of hydrogen-bond donors (Lipinski definition) is 1. The van der Waals surface area contributed by atoms with E-state index in [4.69, 9.17) is 34.8 Å². The van der Waals surface area contributed by atoms with E-state index in [1.165, 1.54) is 6.07 Å². The summed E-state index contributed by atoms with van der Waals surface area (Å²) in [6.07, 6.45) is 1.32. The molecule has 0 aliphatic carbocycles. The molecule has 1 amide bonds. The van der Waals surface area contributed by atoms with Crippen LogP contribution in [-0.4, -0.2) is 26.6 Å². The number of benzene rings is 2. The van der Waals surface area contributed by atoms with Crippen LogP contribution in [0.15, 0.2) is 42.5 Å². The molecule has 0 radical (unpaired) electrons. The Kier molecular flexibility index (Phi) is 6.80. The summed E-state index contributed by atoms with van der Waals surface area (Å²) >= 11 is 17.7. The summed E-state index contributed by atoms with van der Waals surface area (Å²) in [6.45, 7) is 1.73. The molecule has 0 heterocycles. The van der Waals surface area contributed by atoms with E-state index >= 15 is 0 Å². The van der Waals surface area contributed by atoms with Gasteiger partial charge in [0.1, 0.15) is 6.04 Å². The fourth-order valence-corrected chi connectivity index (χ4v) is 4.08. The van der Waals surface area contributed by atoms with Crippen molar-refractivity contribution in [2.24, 2.45) is 0 Å². The highest BCUT2D eigenvalue weighted by Crippen LogP contribution is 2.27. The Morgan fingerprint density at radius 2 is 1.69 bits per heavy atom. The van der Waals surface area contributed by atoms with Gasteiger partial charge < -0.3 is 5.32 Å². The molecule has 0 saturated carbocycles. The first-order valence-corrected chi connectivity index (χ1v) is 10.6. The van der Waals surface area contributed by atoms with Crippen molar-refractivity contribution in [1.82, 2.24) is 0 Å². The van der Waals surface area contributed by atoms with Crippen LogP contribution in [0.1, 0.15) is 13.3 Å². The number of sulfonamides is 1. The minimum Gasteiger partial charge on any atom is -0.324 e. The number of anilines is 2. The molecular formula is C17H17Cl3N2O3S. The topological polar surface area (TPSA) is 66.5 Å². The molecule has 140 valence electrons. The van der Waals surface area contributed by atoms with Crippen molar-refractivity contribution in [1.29, 1.82) is 0 Å². The molecule has 1 atom stereocenters. The molecule has 0 aliphatic rings. The standard InChI is InChI=1S/C17H17Cl3N2O3S/c1-3-16(17(23)21-12-6-9-14(19)15(20)10-12)22(26(2,24)25)13-7-4-11(18)5-8-13/h4-10,16H,3H2,1-2H3,(H,21,23)/t16-/m1/s1. The second kappa shape index (κ2) is 8.48. The van der Waals surface area contributed by atoms with Gasteiger partial charge in [0.15, 0.2) is 0 Å². The largest absolute Gasteiger partial charge is 0.324 e. The van der Waals surface area contributed by atoms with E-state index in [1.807, 2.05) is 0 Å². The molecule has 0 aromatic heterocycles. The zero-order chi connectivity index (χ0) is 19.5. The Hall–Kier alpha value is -1.47. The number of nitrogens with zero attached hydrogens (tertiary/aromatic N) is 1. The van der Waals surface area contributed by atoms with E-state index in [0.29, 0.717) is 21.4 Å². The summed E-state index contributed by atoms with van der Waals surface area (Å²) in [4.78, 5) is 12.7. The van der Waals surface area contributed by atoms with Crippen LogP contribution in [0.4, 0.5) is 11.4 Å². The molecule has 1 N–H and O–H groups in total. The van der Waals surface area contributed by atoms with Crippen LogP contribution in [0.3, 0.4) is 0 Å². The molecule has 0 fully saturated rings. The van der Waals surface area contributed by atoms with Crippen molar-refractivity contribution >= 4 is 62.1 Å². The first-order valence-electron chi connectivity index (χ1n) is 7.64. The summed E-state index contributed by atoms with van der Waals surface area (Å²) < 4.78 is 25.8. The summed E-state index contributed by atoms with van der Waals surface area (Å²) in [7, 11) is -3.71. The van der Waals surface area contributed by atoms with Crippen LogP contribution in [0.5, 0.6) is 0 Å². The lowest BCUT2D eigenvalue weighted by Gasteiger charge is -2.30. The molecule has 0 bridgehead atoms. The quantitative estimate of drug-likeness (QED) is 0.706. The second-order valence-electron chi connectivity index (χ2n) is 5.58. The van der Waals surface area contributed by atoms with Crippen molar-refractivity contribution in [3.63, 3.8) is 0 Å². The third-order valence-corrected chi connectivity index (χ3v) is 5.77. The zero-order valence-corrected chi connectivity index (χ0v) is 17.1. The number of carbonyl (C=O) groups is 1. The van der Waals surface area contributed by atoms with Crippen molar-refractivity contribution in [2.45, 2.75) is 19.4 Å². The highest BCUT2D eigenvalue weighted by molar-refractivity contribution is 7.92. The van der Waals surface area contributed by atoms with E-state index in [9.17, 15) is 13.2 Å². The van der Waals surface area contributed by atoms with Gasteiger partial charge in [0, 0.05) is 10.7 Å². The van der Waals surface area contributed by atoms with Crippen molar-refractivity contribution in [3.8, 4) is 0 Å². The molecular weight excluding hydrogens is 419 g/mol. The van der Waals surface area contributed by atoms with Gasteiger partial charge in [0.2, 0.25) is 15.9 Å². The van der Waals surface area contributed by atoms with Gasteiger partial charge >= 0.3 is 0 Å². The van der Waals surface area contributed by atoms with Gasteiger partial charge in [0.25, 0.3) is 0 Å². The molecule has 26 heavy (non-hydrogen) atoms. The molecule has 5 nitrogen and oxygen atoms in total. The Morgan fingerprint density at radius 3 is 2.19 bits per heavy atom. The third-order valence-electron chi connectivity index (χ3n) is 3.60. The molecule has 2 aromatic rings. The number of halogens is 3. The first kappa shape index (κ1) is 20.8. The molecule has 2 rings (SSSR count). The SMILES string of the molecule is CC[C@H](C(=O)Nc1ccc(Cl)c(Cl)c1)N(c1ccc(Cl)cc1)S(C)(=O)=O. The smallest absolute Gasteiger partial charge is 0.248 e. The maximum atomic E-state index is 12.7. The molecule has 2 aromatic carbocycles. The van der Waals surface area contributed by atoms with Gasteiger partial charge in [-0.3, -0.25) is 9.10 Å². The average molecular weight is 436 g/mol. The third kappa shape index (κ3) is 5.04. The lowest BCUT2D eigenvalue weighted by molar-refractivity contribution is -0.117. The van der Waals surface area contributed by atoms with Crippen molar-refractivity contribution < 1.29 is 13.2 Å². The predicted octanol–water partition coefficient (Wildman–Crippen LogP) is 4.83. The van der Waals surface area contributed by atoms with E-state index < -0.39 is 22.0 Å². The molecule has 0 spiro atoms. The molecule has 0 saturated heterocycles. The van der Waals surface area contributed by atoms with Gasteiger partial charge in [-0.15, -0.1) is 0 Å².